The maximum absolute atomic E-state index is 6.12. The topological polar surface area (TPSA) is 26.0 Å². The molecule has 1 aliphatic carbocycles. The Morgan fingerprint density at radius 3 is 3.08 bits per heavy atom. The molecule has 0 spiro atoms. The van der Waals surface area contributed by atoms with E-state index in [0.717, 1.165) is 11.8 Å². The lowest BCUT2D eigenvalue weighted by molar-refractivity contribution is 0.568. The summed E-state index contributed by atoms with van der Waals surface area (Å²) in [4.78, 5) is 0. The quantitative estimate of drug-likeness (QED) is 0.762. The molecule has 1 aromatic heterocycles. The third kappa shape index (κ3) is 1.41. The predicted octanol–water partition coefficient (Wildman–Crippen LogP) is 2.79. The Labute approximate surface area is 77.6 Å². The van der Waals surface area contributed by atoms with E-state index in [1.807, 2.05) is 0 Å². The molecule has 1 heterocycles. The van der Waals surface area contributed by atoms with Crippen molar-refractivity contribution in [1.82, 2.24) is 0 Å². The van der Waals surface area contributed by atoms with Gasteiger partial charge >= 0.3 is 0 Å². The highest BCUT2D eigenvalue weighted by atomic mass is 32.1. The molecule has 2 rings (SSSR count). The predicted molar refractivity (Wildman–Crippen MR) is 53.1 cm³/mol. The fraction of sp³-hybridized carbons (Fsp3) is 0.600. The van der Waals surface area contributed by atoms with Crippen molar-refractivity contribution < 1.29 is 0 Å². The normalized spacial score (nSPS) is 30.2. The maximum atomic E-state index is 6.12. The van der Waals surface area contributed by atoms with Crippen molar-refractivity contribution in [3.63, 3.8) is 0 Å². The number of hydrogen-bond acceptors (Lipinski definition) is 2. The van der Waals surface area contributed by atoms with Gasteiger partial charge in [-0.3, -0.25) is 0 Å². The van der Waals surface area contributed by atoms with Crippen molar-refractivity contribution in [2.75, 3.05) is 0 Å². The molecule has 0 aliphatic heterocycles. The van der Waals surface area contributed by atoms with Gasteiger partial charge in [0, 0.05) is 6.04 Å². The Balaban J connectivity index is 1.99. The molecule has 0 amide bonds. The minimum absolute atomic E-state index is 0.307. The Morgan fingerprint density at radius 2 is 2.58 bits per heavy atom. The van der Waals surface area contributed by atoms with Gasteiger partial charge in [0.1, 0.15) is 0 Å². The highest BCUT2D eigenvalue weighted by molar-refractivity contribution is 7.07. The van der Waals surface area contributed by atoms with Gasteiger partial charge in [-0.15, -0.1) is 0 Å². The van der Waals surface area contributed by atoms with Crippen LogP contribution in [0.4, 0.5) is 0 Å². The summed E-state index contributed by atoms with van der Waals surface area (Å²) in [6, 6.07) is 2.46. The highest BCUT2D eigenvalue weighted by Gasteiger charge is 2.40. The van der Waals surface area contributed by atoms with Crippen LogP contribution in [0.15, 0.2) is 16.8 Å². The van der Waals surface area contributed by atoms with E-state index >= 15 is 0 Å². The molecule has 0 radical (unpaired) electrons. The van der Waals surface area contributed by atoms with Gasteiger partial charge in [-0.2, -0.15) is 11.3 Å². The molecule has 2 heteroatoms. The van der Waals surface area contributed by atoms with E-state index in [1.165, 1.54) is 18.4 Å². The molecular formula is C10H15NS. The van der Waals surface area contributed by atoms with E-state index in [-0.39, 0.29) is 0 Å². The van der Waals surface area contributed by atoms with Gasteiger partial charge in [-0.1, -0.05) is 13.3 Å². The van der Waals surface area contributed by atoms with Gasteiger partial charge in [0.25, 0.3) is 0 Å². The van der Waals surface area contributed by atoms with Crippen molar-refractivity contribution in [3.8, 4) is 0 Å². The van der Waals surface area contributed by atoms with E-state index in [4.69, 9.17) is 5.73 Å². The molecule has 1 saturated carbocycles. The molecule has 66 valence electrons. The number of rotatable bonds is 3. The smallest absolute Gasteiger partial charge is 0.0334 e. The zero-order chi connectivity index (χ0) is 8.55. The largest absolute Gasteiger partial charge is 0.324 e. The molecule has 0 aromatic carbocycles. The second-order valence-electron chi connectivity index (χ2n) is 3.65. The average molecular weight is 181 g/mol. The van der Waals surface area contributed by atoms with Gasteiger partial charge in [0.2, 0.25) is 0 Å². The van der Waals surface area contributed by atoms with Crippen molar-refractivity contribution in [2.45, 2.75) is 25.8 Å². The first-order chi connectivity index (χ1) is 5.83. The summed E-state index contributed by atoms with van der Waals surface area (Å²) < 4.78 is 0. The van der Waals surface area contributed by atoms with Gasteiger partial charge in [0.05, 0.1) is 0 Å². The number of thiophene rings is 1. The summed E-state index contributed by atoms with van der Waals surface area (Å²) in [6.45, 7) is 2.25. The summed E-state index contributed by atoms with van der Waals surface area (Å²) in [6.07, 6.45) is 2.63. The van der Waals surface area contributed by atoms with E-state index in [9.17, 15) is 0 Å². The van der Waals surface area contributed by atoms with Crippen LogP contribution < -0.4 is 5.73 Å². The van der Waals surface area contributed by atoms with Crippen LogP contribution in [0.25, 0.3) is 0 Å². The summed E-state index contributed by atoms with van der Waals surface area (Å²) in [5.41, 5.74) is 7.45. The fourth-order valence-corrected chi connectivity index (χ4v) is 2.60. The first kappa shape index (κ1) is 8.27. The molecular weight excluding hydrogens is 166 g/mol. The molecule has 3 unspecified atom stereocenters. The summed E-state index contributed by atoms with van der Waals surface area (Å²) in [5.74, 6) is 1.67. The summed E-state index contributed by atoms with van der Waals surface area (Å²) in [5, 5.41) is 4.29. The van der Waals surface area contributed by atoms with Crippen LogP contribution in [0, 0.1) is 11.8 Å². The number of hydrogen-bond donors (Lipinski definition) is 1. The average Bonchev–Trinajstić information content (AvgIpc) is 2.68. The molecule has 0 bridgehead atoms. The summed E-state index contributed by atoms with van der Waals surface area (Å²) >= 11 is 1.74. The molecule has 1 aromatic rings. The molecule has 1 aliphatic rings. The monoisotopic (exact) mass is 181 g/mol. The van der Waals surface area contributed by atoms with E-state index < -0.39 is 0 Å². The molecule has 3 atom stereocenters. The lowest BCUT2D eigenvalue weighted by atomic mass is 10.1. The Bertz CT molecular complexity index is 242. The molecule has 2 N–H and O–H groups in total. The van der Waals surface area contributed by atoms with Crippen LogP contribution in [-0.2, 0) is 0 Å². The molecule has 0 saturated heterocycles. The SMILES string of the molecule is CCC1CC1C(N)c1ccsc1. The van der Waals surface area contributed by atoms with Gasteiger partial charge in [0.15, 0.2) is 0 Å². The fourth-order valence-electron chi connectivity index (χ4n) is 1.89. The summed E-state index contributed by atoms with van der Waals surface area (Å²) in [7, 11) is 0. The minimum atomic E-state index is 0.307. The first-order valence-corrected chi connectivity index (χ1v) is 5.55. The first-order valence-electron chi connectivity index (χ1n) is 4.60. The lowest BCUT2D eigenvalue weighted by Crippen LogP contribution is -2.12. The van der Waals surface area contributed by atoms with E-state index in [1.54, 1.807) is 11.3 Å². The van der Waals surface area contributed by atoms with Gasteiger partial charge < -0.3 is 5.73 Å². The van der Waals surface area contributed by atoms with Crippen LogP contribution in [0.1, 0.15) is 31.4 Å². The third-order valence-corrected chi connectivity index (χ3v) is 3.59. The van der Waals surface area contributed by atoms with Crippen LogP contribution in [0.5, 0.6) is 0 Å². The molecule has 1 nitrogen and oxygen atoms in total. The van der Waals surface area contributed by atoms with Crippen LogP contribution >= 0.6 is 11.3 Å². The maximum Gasteiger partial charge on any atom is 0.0334 e. The lowest BCUT2D eigenvalue weighted by Gasteiger charge is -2.08. The van der Waals surface area contributed by atoms with Gasteiger partial charge in [-0.25, -0.2) is 0 Å². The van der Waals surface area contributed by atoms with Crippen LogP contribution in [-0.4, -0.2) is 0 Å². The minimum Gasteiger partial charge on any atom is -0.324 e. The second kappa shape index (κ2) is 3.19. The van der Waals surface area contributed by atoms with Crippen molar-refractivity contribution in [2.24, 2.45) is 17.6 Å². The van der Waals surface area contributed by atoms with E-state index in [2.05, 4.69) is 23.8 Å². The number of nitrogens with two attached hydrogens (primary N) is 1. The molecule has 12 heavy (non-hydrogen) atoms. The van der Waals surface area contributed by atoms with E-state index in [0.29, 0.717) is 6.04 Å². The van der Waals surface area contributed by atoms with Crippen molar-refractivity contribution >= 4 is 11.3 Å². The second-order valence-corrected chi connectivity index (χ2v) is 4.43. The zero-order valence-electron chi connectivity index (χ0n) is 7.36. The van der Waals surface area contributed by atoms with Gasteiger partial charge in [-0.05, 0) is 40.6 Å². The van der Waals surface area contributed by atoms with Crippen molar-refractivity contribution in [1.29, 1.82) is 0 Å². The highest BCUT2D eigenvalue weighted by Crippen LogP contribution is 2.48. The Morgan fingerprint density at radius 1 is 1.75 bits per heavy atom. The van der Waals surface area contributed by atoms with Crippen LogP contribution in [0.2, 0.25) is 0 Å². The van der Waals surface area contributed by atoms with Crippen molar-refractivity contribution in [3.05, 3.63) is 22.4 Å². The standard InChI is InChI=1S/C10H15NS/c1-2-7-5-9(7)10(11)8-3-4-12-6-8/h3-4,6-7,9-10H,2,5,11H2,1H3. The Kier molecular flexibility index (Phi) is 2.20. The molecule has 1 fully saturated rings. The zero-order valence-corrected chi connectivity index (χ0v) is 8.18. The van der Waals surface area contributed by atoms with Crippen LogP contribution in [0.3, 0.4) is 0 Å². The third-order valence-electron chi connectivity index (χ3n) is 2.89. The Hall–Kier alpha value is -0.340.